The van der Waals surface area contributed by atoms with Crippen molar-refractivity contribution in [3.05, 3.63) is 48.3 Å². The number of hydrogen-bond donors (Lipinski definition) is 3. The van der Waals surface area contributed by atoms with Crippen LogP contribution in [0.15, 0.2) is 47.6 Å². The molecule has 1 unspecified atom stereocenters. The fourth-order valence-electron chi connectivity index (χ4n) is 2.10. The molecule has 12 heteroatoms. The molecule has 3 N–H and O–H groups in total. The van der Waals surface area contributed by atoms with E-state index in [2.05, 4.69) is 10.4 Å². The van der Waals surface area contributed by atoms with Gasteiger partial charge in [-0.15, -0.1) is 0 Å². The third-order valence-electron chi connectivity index (χ3n) is 3.61. The molecular formula is C17H21N5O6S. The van der Waals surface area contributed by atoms with Gasteiger partial charge in [-0.3, -0.25) is 19.6 Å². The zero-order valence-corrected chi connectivity index (χ0v) is 16.6. The lowest BCUT2D eigenvalue weighted by Gasteiger charge is -2.13. The fourth-order valence-corrected chi connectivity index (χ4v) is 3.05. The number of benzene rings is 1. The first-order valence-electron chi connectivity index (χ1n) is 8.48. The molecule has 29 heavy (non-hydrogen) atoms. The molecule has 156 valence electrons. The van der Waals surface area contributed by atoms with Gasteiger partial charge in [0.25, 0.3) is 5.91 Å². The number of urea groups is 1. The van der Waals surface area contributed by atoms with Crippen molar-refractivity contribution < 1.29 is 27.5 Å². The van der Waals surface area contributed by atoms with Crippen LogP contribution in [0, 0.1) is 0 Å². The predicted octanol–water partition coefficient (Wildman–Crippen LogP) is -0.344. The molecule has 0 bridgehead atoms. The van der Waals surface area contributed by atoms with Crippen LogP contribution in [0.4, 0.5) is 4.79 Å². The molecular weight excluding hydrogens is 402 g/mol. The van der Waals surface area contributed by atoms with E-state index in [0.29, 0.717) is 0 Å². The van der Waals surface area contributed by atoms with Gasteiger partial charge in [0.05, 0.1) is 6.20 Å². The van der Waals surface area contributed by atoms with Gasteiger partial charge in [-0.2, -0.15) is 9.82 Å². The van der Waals surface area contributed by atoms with Crippen LogP contribution < -0.4 is 15.4 Å². The average Bonchev–Trinajstić information content (AvgIpc) is 3.13. The maximum absolute atomic E-state index is 12.0. The van der Waals surface area contributed by atoms with Crippen molar-refractivity contribution in [3.63, 3.8) is 0 Å². The number of carbonyl (C=O) groups excluding carboxylic acids is 3. The standard InChI is InChI=1S/C17H21N5O6S/c1-12(16(24)21-17(25)18-8-13-6-4-3-5-7-13)28-15(23)10-20-29(26,27)14-9-19-22(2)11-14/h3-7,9,11-12,20H,8,10H2,1-2H3,(H2,18,21,24,25). The molecule has 2 rings (SSSR count). The summed E-state index contributed by atoms with van der Waals surface area (Å²) >= 11 is 0. The Morgan fingerprint density at radius 3 is 2.52 bits per heavy atom. The summed E-state index contributed by atoms with van der Waals surface area (Å²) in [5.74, 6) is -1.83. The number of carbonyl (C=O) groups is 3. The molecule has 0 aliphatic rings. The molecule has 0 aliphatic heterocycles. The van der Waals surface area contributed by atoms with Crippen LogP contribution >= 0.6 is 0 Å². The molecule has 2 aromatic rings. The maximum Gasteiger partial charge on any atom is 0.321 e. The normalized spacial score (nSPS) is 12.1. The fraction of sp³-hybridized carbons (Fsp3) is 0.294. The Morgan fingerprint density at radius 1 is 1.21 bits per heavy atom. The van der Waals surface area contributed by atoms with Crippen molar-refractivity contribution in [2.75, 3.05) is 6.54 Å². The highest BCUT2D eigenvalue weighted by Crippen LogP contribution is 2.05. The van der Waals surface area contributed by atoms with E-state index in [4.69, 9.17) is 4.74 Å². The van der Waals surface area contributed by atoms with E-state index in [0.717, 1.165) is 11.8 Å². The van der Waals surface area contributed by atoms with Gasteiger partial charge in [0.2, 0.25) is 10.0 Å². The van der Waals surface area contributed by atoms with Crippen LogP contribution in [-0.4, -0.2) is 48.8 Å². The van der Waals surface area contributed by atoms with Crippen molar-refractivity contribution in [2.24, 2.45) is 7.05 Å². The number of sulfonamides is 1. The van der Waals surface area contributed by atoms with Gasteiger partial charge >= 0.3 is 12.0 Å². The number of ether oxygens (including phenoxy) is 1. The predicted molar refractivity (Wildman–Crippen MR) is 101 cm³/mol. The van der Waals surface area contributed by atoms with Crippen molar-refractivity contribution in [2.45, 2.75) is 24.5 Å². The number of nitrogens with zero attached hydrogens (tertiary/aromatic N) is 2. The highest BCUT2D eigenvalue weighted by atomic mass is 32.2. The Hall–Kier alpha value is -3.25. The molecule has 3 amide bonds. The first-order valence-corrected chi connectivity index (χ1v) is 9.96. The lowest BCUT2D eigenvalue weighted by Crippen LogP contribution is -2.45. The zero-order chi connectivity index (χ0) is 21.4. The van der Waals surface area contributed by atoms with Gasteiger partial charge in [0.1, 0.15) is 11.4 Å². The third kappa shape index (κ3) is 7.01. The lowest BCUT2D eigenvalue weighted by molar-refractivity contribution is -0.153. The number of aryl methyl sites for hydroxylation is 1. The van der Waals surface area contributed by atoms with Crippen molar-refractivity contribution in [3.8, 4) is 0 Å². The summed E-state index contributed by atoms with van der Waals surface area (Å²) < 4.78 is 32.2. The Morgan fingerprint density at radius 2 is 1.90 bits per heavy atom. The molecule has 1 heterocycles. The molecule has 0 aliphatic carbocycles. The summed E-state index contributed by atoms with van der Waals surface area (Å²) in [7, 11) is -2.40. The summed E-state index contributed by atoms with van der Waals surface area (Å²) in [4.78, 5) is 35.3. The summed E-state index contributed by atoms with van der Waals surface area (Å²) in [6.07, 6.45) is 1.09. The molecule has 0 radical (unpaired) electrons. The average molecular weight is 423 g/mol. The van der Waals surface area contributed by atoms with E-state index < -0.39 is 40.6 Å². The number of esters is 1. The van der Waals surface area contributed by atoms with Gasteiger partial charge in [-0.25, -0.2) is 13.2 Å². The SMILES string of the molecule is CC(OC(=O)CNS(=O)(=O)c1cnn(C)c1)C(=O)NC(=O)NCc1ccccc1. The van der Waals surface area contributed by atoms with E-state index in [-0.39, 0.29) is 11.4 Å². The van der Waals surface area contributed by atoms with Gasteiger partial charge in [0, 0.05) is 19.8 Å². The second kappa shape index (κ2) is 9.80. The molecule has 0 fully saturated rings. The third-order valence-corrected chi connectivity index (χ3v) is 4.96. The lowest BCUT2D eigenvalue weighted by atomic mass is 10.2. The zero-order valence-electron chi connectivity index (χ0n) is 15.8. The summed E-state index contributed by atoms with van der Waals surface area (Å²) in [5, 5.41) is 8.27. The van der Waals surface area contributed by atoms with Gasteiger partial charge in [-0.05, 0) is 12.5 Å². The maximum atomic E-state index is 12.0. The molecule has 0 saturated carbocycles. The topological polar surface area (TPSA) is 148 Å². The minimum absolute atomic E-state index is 0.117. The van der Waals surface area contributed by atoms with Crippen LogP contribution in [0.1, 0.15) is 12.5 Å². The molecule has 0 saturated heterocycles. The van der Waals surface area contributed by atoms with Crippen molar-refractivity contribution >= 4 is 27.9 Å². The highest BCUT2D eigenvalue weighted by molar-refractivity contribution is 7.89. The highest BCUT2D eigenvalue weighted by Gasteiger charge is 2.22. The molecule has 1 atom stereocenters. The Bertz CT molecular complexity index is 973. The number of hydrogen-bond acceptors (Lipinski definition) is 7. The van der Waals surface area contributed by atoms with Crippen LogP contribution in [0.2, 0.25) is 0 Å². The number of nitrogens with one attached hydrogen (secondary N) is 3. The first-order chi connectivity index (χ1) is 13.7. The van der Waals surface area contributed by atoms with E-state index in [9.17, 15) is 22.8 Å². The van der Waals surface area contributed by atoms with E-state index >= 15 is 0 Å². The Balaban J connectivity index is 1.75. The summed E-state index contributed by atoms with van der Waals surface area (Å²) in [6.45, 7) is 0.784. The molecule has 1 aromatic carbocycles. The van der Waals surface area contributed by atoms with Crippen LogP contribution in [0.25, 0.3) is 0 Å². The minimum Gasteiger partial charge on any atom is -0.452 e. The van der Waals surface area contributed by atoms with E-state index in [1.807, 2.05) is 28.2 Å². The summed E-state index contributed by atoms with van der Waals surface area (Å²) in [5.41, 5.74) is 0.843. The van der Waals surface area contributed by atoms with Crippen LogP contribution in [0.3, 0.4) is 0 Å². The number of imide groups is 1. The Kier molecular flexibility index (Phi) is 7.45. The van der Waals surface area contributed by atoms with Crippen LogP contribution in [0.5, 0.6) is 0 Å². The number of aromatic nitrogens is 2. The Labute approximate surface area is 167 Å². The van der Waals surface area contributed by atoms with Gasteiger partial charge < -0.3 is 10.1 Å². The molecule has 1 aromatic heterocycles. The largest absolute Gasteiger partial charge is 0.452 e. The summed E-state index contributed by atoms with van der Waals surface area (Å²) in [6, 6.07) is 8.31. The molecule has 0 spiro atoms. The first kappa shape index (κ1) is 22.0. The van der Waals surface area contributed by atoms with E-state index in [1.54, 1.807) is 19.2 Å². The smallest absolute Gasteiger partial charge is 0.321 e. The second-order valence-electron chi connectivity index (χ2n) is 5.96. The van der Waals surface area contributed by atoms with Gasteiger partial charge in [0.15, 0.2) is 6.10 Å². The minimum atomic E-state index is -3.94. The number of amides is 3. The quantitative estimate of drug-likeness (QED) is 0.492. The molecule has 11 nitrogen and oxygen atoms in total. The number of rotatable bonds is 8. The van der Waals surface area contributed by atoms with Crippen LogP contribution in [-0.2, 0) is 37.9 Å². The monoisotopic (exact) mass is 423 g/mol. The van der Waals surface area contributed by atoms with Crippen molar-refractivity contribution in [1.82, 2.24) is 25.1 Å². The second-order valence-corrected chi connectivity index (χ2v) is 7.73. The van der Waals surface area contributed by atoms with E-state index in [1.165, 1.54) is 17.8 Å². The van der Waals surface area contributed by atoms with Crippen molar-refractivity contribution in [1.29, 1.82) is 0 Å². The van der Waals surface area contributed by atoms with Gasteiger partial charge in [-0.1, -0.05) is 30.3 Å².